The van der Waals surface area contributed by atoms with Crippen molar-refractivity contribution in [1.82, 2.24) is 0 Å². The van der Waals surface area contributed by atoms with Crippen molar-refractivity contribution in [1.29, 1.82) is 0 Å². The molecule has 25 heavy (non-hydrogen) atoms. The lowest BCUT2D eigenvalue weighted by molar-refractivity contribution is 0.158. The molecule has 0 aliphatic heterocycles. The summed E-state index contributed by atoms with van der Waals surface area (Å²) in [5.74, 6) is 0. The quantitative estimate of drug-likeness (QED) is 0.306. The minimum atomic E-state index is -2.33. The maximum Gasteiger partial charge on any atom is 0.314 e. The second kappa shape index (κ2) is 9.39. The summed E-state index contributed by atoms with van der Waals surface area (Å²) in [6.07, 6.45) is 0. The van der Waals surface area contributed by atoms with Crippen molar-refractivity contribution in [3.63, 3.8) is 0 Å². The molecule has 0 unspecified atom stereocenters. The summed E-state index contributed by atoms with van der Waals surface area (Å²) in [6.45, 7) is 27.4. The first-order chi connectivity index (χ1) is 10.9. The number of hydrogen-bond acceptors (Lipinski definition) is 5. The Labute approximate surface area is 161 Å². The van der Waals surface area contributed by atoms with Crippen LogP contribution < -0.4 is 0 Å². The highest BCUT2D eigenvalue weighted by molar-refractivity contribution is 6.90. The summed E-state index contributed by atoms with van der Waals surface area (Å²) in [5.41, 5.74) is 0. The summed E-state index contributed by atoms with van der Waals surface area (Å²) in [6, 6.07) is 0.989. The molecule has 0 rings (SSSR count). The first-order valence-electron chi connectivity index (χ1n) is 9.27. The molecule has 0 saturated carbocycles. The third-order valence-electron chi connectivity index (χ3n) is 3.11. The fourth-order valence-electron chi connectivity index (χ4n) is 3.16. The van der Waals surface area contributed by atoms with E-state index in [9.17, 15) is 0 Å². The Morgan fingerprint density at radius 3 is 1.36 bits per heavy atom. The van der Waals surface area contributed by atoms with Crippen molar-refractivity contribution < 1.29 is 21.2 Å². The second-order valence-corrected chi connectivity index (χ2v) is 29.3. The second-order valence-electron chi connectivity index (χ2n) is 9.43. The van der Waals surface area contributed by atoms with Gasteiger partial charge in [-0.25, -0.2) is 0 Å². The molecular formula is C15H42O5Si5. The molecule has 0 aromatic carbocycles. The van der Waals surface area contributed by atoms with Crippen molar-refractivity contribution in [3.8, 4) is 0 Å². The van der Waals surface area contributed by atoms with E-state index in [1.807, 2.05) is 6.92 Å². The first-order valence-corrected chi connectivity index (χ1v) is 24.2. The number of rotatable bonds is 12. The highest BCUT2D eigenvalue weighted by Gasteiger charge is 2.45. The molecule has 0 N–H and O–H groups in total. The summed E-state index contributed by atoms with van der Waals surface area (Å²) >= 11 is 0. The topological polar surface area (TPSA) is 46.2 Å². The monoisotopic (exact) mass is 442 g/mol. The van der Waals surface area contributed by atoms with Gasteiger partial charge in [0.25, 0.3) is 0 Å². The minimum absolute atomic E-state index is 0.756. The van der Waals surface area contributed by atoms with Gasteiger partial charge >= 0.3 is 25.7 Å². The van der Waals surface area contributed by atoms with Gasteiger partial charge in [-0.1, -0.05) is 0 Å². The van der Waals surface area contributed by atoms with E-state index in [1.54, 1.807) is 0 Å². The Kier molecular flexibility index (Phi) is 9.72. The lowest BCUT2D eigenvalue weighted by atomic mass is 10.8. The summed E-state index contributed by atoms with van der Waals surface area (Å²) in [4.78, 5) is 0. The van der Waals surface area contributed by atoms with Crippen LogP contribution in [0.15, 0.2) is 0 Å². The van der Waals surface area contributed by atoms with Crippen LogP contribution in [-0.2, 0) is 21.2 Å². The summed E-state index contributed by atoms with van der Waals surface area (Å²) in [5, 5.41) is 0. The van der Waals surface area contributed by atoms with Gasteiger partial charge < -0.3 is 21.2 Å². The predicted molar refractivity (Wildman–Crippen MR) is 119 cm³/mol. The van der Waals surface area contributed by atoms with Crippen molar-refractivity contribution >= 4 is 42.3 Å². The third kappa shape index (κ3) is 13.7. The Hall–Kier alpha value is 0.884. The molecule has 0 aliphatic carbocycles. The Bertz CT molecular complexity index is 408. The van der Waals surface area contributed by atoms with Crippen LogP contribution in [0.3, 0.4) is 0 Å². The van der Waals surface area contributed by atoms with Crippen LogP contribution in [0.4, 0.5) is 0 Å². The van der Waals surface area contributed by atoms with E-state index < -0.39 is 42.3 Å². The van der Waals surface area contributed by atoms with Crippen molar-refractivity contribution in [2.24, 2.45) is 0 Å². The van der Waals surface area contributed by atoms with Crippen molar-refractivity contribution in [2.75, 3.05) is 13.2 Å². The molecule has 152 valence electrons. The highest BCUT2D eigenvalue weighted by Crippen LogP contribution is 2.26. The van der Waals surface area contributed by atoms with E-state index >= 15 is 0 Å². The van der Waals surface area contributed by atoms with Gasteiger partial charge in [-0.05, 0) is 85.0 Å². The highest BCUT2D eigenvalue weighted by atomic mass is 28.5. The molecule has 0 aliphatic rings. The Balaban J connectivity index is 4.83. The SMILES string of the molecule is CCOCC[Si](C)(C)O[Si](C)(C)O[Si](C)(C)O[Si](C)(C)O[Si](C)(C)C. The standard InChI is InChI=1S/C15H42O5Si5/c1-13-16-14-15-22(5,6)18-24(9,10)20-25(11,12)19-23(7,8)17-21(2,3)4/h13-15H2,1-12H3. The molecule has 0 radical (unpaired) electrons. The van der Waals surface area contributed by atoms with Gasteiger partial charge in [0.15, 0.2) is 16.6 Å². The van der Waals surface area contributed by atoms with Crippen LogP contribution in [0.2, 0.25) is 78.1 Å². The first kappa shape index (κ1) is 25.9. The molecule has 5 nitrogen and oxygen atoms in total. The predicted octanol–water partition coefficient (Wildman–Crippen LogP) is 5.23. The van der Waals surface area contributed by atoms with Crippen LogP contribution >= 0.6 is 0 Å². The smallest absolute Gasteiger partial charge is 0.314 e. The zero-order valence-electron chi connectivity index (χ0n) is 18.7. The number of hydrogen-bond donors (Lipinski definition) is 0. The molecule has 0 aromatic rings. The third-order valence-corrected chi connectivity index (χ3v) is 21.0. The Morgan fingerprint density at radius 2 is 0.960 bits per heavy atom. The molecule has 0 saturated heterocycles. The van der Waals surface area contributed by atoms with E-state index in [0.29, 0.717) is 0 Å². The number of ether oxygens (including phenoxy) is 1. The largest absolute Gasteiger partial charge is 0.437 e. The zero-order chi connectivity index (χ0) is 20.2. The Morgan fingerprint density at radius 1 is 0.560 bits per heavy atom. The maximum atomic E-state index is 6.54. The van der Waals surface area contributed by atoms with Gasteiger partial charge in [0, 0.05) is 13.2 Å². The van der Waals surface area contributed by atoms with Crippen LogP contribution in [0.25, 0.3) is 0 Å². The van der Waals surface area contributed by atoms with Gasteiger partial charge in [-0.15, -0.1) is 0 Å². The van der Waals surface area contributed by atoms with Crippen LogP contribution in [0.1, 0.15) is 6.92 Å². The molecule has 0 bridgehead atoms. The van der Waals surface area contributed by atoms with Crippen LogP contribution in [0.5, 0.6) is 0 Å². The van der Waals surface area contributed by atoms with E-state index in [-0.39, 0.29) is 0 Å². The molecule has 0 aromatic heterocycles. The van der Waals surface area contributed by atoms with Crippen LogP contribution in [-0.4, -0.2) is 55.5 Å². The average molecular weight is 443 g/mol. The molecule has 0 spiro atoms. The molecule has 0 heterocycles. The van der Waals surface area contributed by atoms with Crippen molar-refractivity contribution in [3.05, 3.63) is 0 Å². The molecule has 0 atom stereocenters. The van der Waals surface area contributed by atoms with E-state index in [0.717, 1.165) is 19.3 Å². The van der Waals surface area contributed by atoms with Gasteiger partial charge in [-0.3, -0.25) is 0 Å². The molecular weight excluding hydrogens is 401 g/mol. The van der Waals surface area contributed by atoms with Gasteiger partial charge in [0.2, 0.25) is 0 Å². The average Bonchev–Trinajstić information content (AvgIpc) is 2.18. The van der Waals surface area contributed by atoms with E-state index in [1.165, 1.54) is 0 Å². The lowest BCUT2D eigenvalue weighted by Crippen LogP contribution is -2.58. The normalized spacial score (nSPS) is 14.9. The van der Waals surface area contributed by atoms with Crippen LogP contribution in [0, 0.1) is 0 Å². The maximum absolute atomic E-state index is 6.54. The molecule has 0 amide bonds. The fraction of sp³-hybridized carbons (Fsp3) is 1.00. The fourth-order valence-corrected chi connectivity index (χ4v) is 26.5. The molecule has 0 fully saturated rings. The molecule has 10 heteroatoms. The summed E-state index contributed by atoms with van der Waals surface area (Å²) < 4.78 is 31.3. The van der Waals surface area contributed by atoms with E-state index in [4.69, 9.17) is 21.2 Å². The van der Waals surface area contributed by atoms with Gasteiger partial charge in [0.1, 0.15) is 0 Å². The summed E-state index contributed by atoms with van der Waals surface area (Å²) in [7, 11) is -10.2. The van der Waals surface area contributed by atoms with Gasteiger partial charge in [0.05, 0.1) is 0 Å². The van der Waals surface area contributed by atoms with E-state index in [2.05, 4.69) is 72.0 Å². The van der Waals surface area contributed by atoms with Crippen molar-refractivity contribution in [2.45, 2.75) is 85.0 Å². The van der Waals surface area contributed by atoms with Gasteiger partial charge in [-0.2, -0.15) is 0 Å². The minimum Gasteiger partial charge on any atom is -0.437 e. The lowest BCUT2D eigenvalue weighted by Gasteiger charge is -2.42. The zero-order valence-corrected chi connectivity index (χ0v) is 23.7.